The van der Waals surface area contributed by atoms with E-state index >= 15 is 0 Å². The zero-order valence-corrected chi connectivity index (χ0v) is 15.9. The number of unbranched alkanes of at least 4 members (excludes halogenated alkanes) is 2. The maximum atomic E-state index is 10.3. The number of nitrogens with zero attached hydrogens (tertiary/aromatic N) is 2. The van der Waals surface area contributed by atoms with Gasteiger partial charge in [-0.1, -0.05) is 39.5 Å². The standard InChI is InChI=1S/C19H30N4O2/c1-5-9-11-16(12-10-6-2)17(13-20)15(22)23-19(24-7-3,25-8-4)18(16,17)14-21/h5-12H2,1-4H3,(H2,22,23)/p+1/t17-,18+/m0/s1. The summed E-state index contributed by atoms with van der Waals surface area (Å²) < 4.78 is 12.0. The highest BCUT2D eigenvalue weighted by molar-refractivity contribution is 5.95. The molecule has 0 saturated heterocycles. The van der Waals surface area contributed by atoms with Crippen LogP contribution in [0.15, 0.2) is 0 Å². The van der Waals surface area contributed by atoms with E-state index in [-0.39, 0.29) is 0 Å². The molecule has 6 nitrogen and oxygen atoms in total. The Morgan fingerprint density at radius 1 is 0.960 bits per heavy atom. The lowest BCUT2D eigenvalue weighted by Gasteiger charge is -2.33. The molecule has 1 aliphatic carbocycles. The first kappa shape index (κ1) is 19.7. The maximum Gasteiger partial charge on any atom is 0.343 e. The molecule has 2 atom stereocenters. The predicted octanol–water partition coefficient (Wildman–Crippen LogP) is 1.56. The zero-order valence-electron chi connectivity index (χ0n) is 15.9. The number of nitrogens with one attached hydrogen (secondary N) is 1. The molecule has 0 aromatic rings. The summed E-state index contributed by atoms with van der Waals surface area (Å²) in [5.41, 5.74) is 3.63. The largest absolute Gasteiger partial charge is 0.343 e. The van der Waals surface area contributed by atoms with Gasteiger partial charge in [0.1, 0.15) is 0 Å². The summed E-state index contributed by atoms with van der Waals surface area (Å²) in [6, 6.07) is 4.90. The van der Waals surface area contributed by atoms with Crippen molar-refractivity contribution in [3.63, 3.8) is 0 Å². The molecule has 1 heterocycles. The Morgan fingerprint density at radius 2 is 1.48 bits per heavy atom. The van der Waals surface area contributed by atoms with Gasteiger partial charge in [-0.3, -0.25) is 5.73 Å². The van der Waals surface area contributed by atoms with Crippen LogP contribution in [0.3, 0.4) is 0 Å². The van der Waals surface area contributed by atoms with Gasteiger partial charge in [0.05, 0.1) is 25.4 Å². The first-order valence-corrected chi connectivity index (χ1v) is 9.51. The normalized spacial score (nSPS) is 30.9. The number of nitriles is 2. The minimum Gasteiger partial charge on any atom is -0.314 e. The Hall–Kier alpha value is -1.63. The minimum absolute atomic E-state index is 0.325. The summed E-state index contributed by atoms with van der Waals surface area (Å²) in [7, 11) is 0. The van der Waals surface area contributed by atoms with Crippen LogP contribution in [0.4, 0.5) is 0 Å². The Labute approximate surface area is 151 Å². The lowest BCUT2D eigenvalue weighted by molar-refractivity contribution is -0.695. The summed E-state index contributed by atoms with van der Waals surface area (Å²) in [6.45, 7) is 8.68. The lowest BCUT2D eigenvalue weighted by Crippen LogP contribution is -2.91. The van der Waals surface area contributed by atoms with E-state index in [9.17, 15) is 10.5 Å². The highest BCUT2D eigenvalue weighted by atomic mass is 16.7. The lowest BCUT2D eigenvalue weighted by atomic mass is 9.80. The number of hydrogen-bond acceptors (Lipinski definition) is 5. The van der Waals surface area contributed by atoms with E-state index in [0.29, 0.717) is 19.0 Å². The van der Waals surface area contributed by atoms with Crippen LogP contribution in [0.5, 0.6) is 0 Å². The van der Waals surface area contributed by atoms with Gasteiger partial charge in [0, 0.05) is 5.41 Å². The molecule has 2 aliphatic rings. The molecule has 3 N–H and O–H groups in total. The molecular weight excluding hydrogens is 316 g/mol. The molecule has 1 aliphatic heterocycles. The van der Waals surface area contributed by atoms with Gasteiger partial charge in [0.2, 0.25) is 0 Å². The second-order valence-electron chi connectivity index (χ2n) is 7.03. The van der Waals surface area contributed by atoms with Gasteiger partial charge in [-0.25, -0.2) is 4.99 Å². The third-order valence-corrected chi connectivity index (χ3v) is 6.08. The topological polar surface area (TPSA) is 106 Å². The van der Waals surface area contributed by atoms with E-state index in [1.54, 1.807) is 0 Å². The molecule has 0 radical (unpaired) electrons. The molecular formula is C19H31N4O2+. The highest BCUT2D eigenvalue weighted by Gasteiger charge is 3.03. The fourth-order valence-corrected chi connectivity index (χ4v) is 5.16. The Bertz CT molecular complexity index is 604. The van der Waals surface area contributed by atoms with Crippen LogP contribution in [0.2, 0.25) is 0 Å². The zero-order chi connectivity index (χ0) is 18.8. The average Bonchev–Trinajstić information content (AvgIpc) is 3.07. The molecule has 0 spiro atoms. The number of hydrogen-bond donors (Lipinski definition) is 2. The third-order valence-electron chi connectivity index (χ3n) is 6.08. The molecule has 0 bridgehead atoms. The van der Waals surface area contributed by atoms with Gasteiger partial charge >= 0.3 is 5.91 Å². The molecule has 1 fully saturated rings. The van der Waals surface area contributed by atoms with E-state index < -0.39 is 22.2 Å². The van der Waals surface area contributed by atoms with Crippen LogP contribution < -0.4 is 10.7 Å². The van der Waals surface area contributed by atoms with Crippen molar-refractivity contribution in [3.8, 4) is 12.1 Å². The second-order valence-corrected chi connectivity index (χ2v) is 7.03. The van der Waals surface area contributed by atoms with E-state index in [1.165, 1.54) is 0 Å². The number of nitrogens with two attached hydrogens (primary N) is 1. The van der Waals surface area contributed by atoms with Crippen LogP contribution >= 0.6 is 0 Å². The van der Waals surface area contributed by atoms with Gasteiger partial charge in [-0.15, -0.1) is 0 Å². The first-order chi connectivity index (χ1) is 12.0. The monoisotopic (exact) mass is 347 g/mol. The van der Waals surface area contributed by atoms with Crippen molar-refractivity contribution in [2.24, 2.45) is 22.0 Å². The maximum absolute atomic E-state index is 10.3. The Balaban J connectivity index is 2.68. The molecule has 138 valence electrons. The van der Waals surface area contributed by atoms with Crippen molar-refractivity contribution < 1.29 is 14.5 Å². The van der Waals surface area contributed by atoms with Crippen LogP contribution in [-0.4, -0.2) is 25.0 Å². The fraction of sp³-hybridized carbons (Fsp3) is 0.842. The predicted molar refractivity (Wildman–Crippen MR) is 93.7 cm³/mol. The van der Waals surface area contributed by atoms with Crippen molar-refractivity contribution in [2.45, 2.75) is 72.1 Å². The summed E-state index contributed by atoms with van der Waals surface area (Å²) in [6.07, 6.45) is 5.43. The SMILES string of the molecule is CCCCC1(CCCC)[C@@]2(C#N)C(OCC)(OCC)[NH+]=C(N)[C@@]12C#N. The van der Waals surface area contributed by atoms with Gasteiger partial charge in [0.15, 0.2) is 10.8 Å². The molecule has 1 saturated carbocycles. The molecule has 0 aromatic carbocycles. The van der Waals surface area contributed by atoms with Gasteiger partial charge in [-0.2, -0.15) is 10.5 Å². The van der Waals surface area contributed by atoms with E-state index in [4.69, 9.17) is 15.2 Å². The van der Waals surface area contributed by atoms with Crippen LogP contribution in [0, 0.1) is 38.9 Å². The van der Waals surface area contributed by atoms with Crippen molar-refractivity contribution in [2.75, 3.05) is 13.2 Å². The van der Waals surface area contributed by atoms with Crippen molar-refractivity contribution in [1.82, 2.24) is 0 Å². The molecule has 6 heteroatoms. The second kappa shape index (κ2) is 6.94. The van der Waals surface area contributed by atoms with Gasteiger partial charge in [-0.05, 0) is 26.7 Å². The fourth-order valence-electron chi connectivity index (χ4n) is 5.16. The molecule has 0 amide bonds. The van der Waals surface area contributed by atoms with E-state index in [0.717, 1.165) is 38.5 Å². The summed E-state index contributed by atoms with van der Waals surface area (Å²) in [5, 5.41) is 20.5. The van der Waals surface area contributed by atoms with E-state index in [1.807, 2.05) is 13.8 Å². The Morgan fingerprint density at radius 3 is 1.84 bits per heavy atom. The number of fused-ring (bicyclic) bond motifs is 1. The van der Waals surface area contributed by atoms with Crippen LogP contribution in [-0.2, 0) is 9.47 Å². The quantitative estimate of drug-likeness (QED) is 0.583. The Kier molecular flexibility index (Phi) is 5.47. The molecule has 0 aromatic heterocycles. The molecule has 25 heavy (non-hydrogen) atoms. The number of rotatable bonds is 10. The smallest absolute Gasteiger partial charge is 0.314 e. The molecule has 2 rings (SSSR count). The molecule has 0 unspecified atom stereocenters. The average molecular weight is 347 g/mol. The summed E-state index contributed by atoms with van der Waals surface area (Å²) in [4.78, 5) is 3.06. The van der Waals surface area contributed by atoms with Gasteiger partial charge in [0.25, 0.3) is 5.84 Å². The van der Waals surface area contributed by atoms with E-state index in [2.05, 4.69) is 31.0 Å². The van der Waals surface area contributed by atoms with Crippen molar-refractivity contribution in [1.29, 1.82) is 10.5 Å². The van der Waals surface area contributed by atoms with Crippen molar-refractivity contribution >= 4 is 5.84 Å². The first-order valence-electron chi connectivity index (χ1n) is 9.51. The number of ether oxygens (including phenoxy) is 2. The van der Waals surface area contributed by atoms with Crippen LogP contribution in [0.1, 0.15) is 66.2 Å². The van der Waals surface area contributed by atoms with Gasteiger partial charge < -0.3 is 9.47 Å². The van der Waals surface area contributed by atoms with Crippen molar-refractivity contribution in [3.05, 3.63) is 0 Å². The van der Waals surface area contributed by atoms with Crippen LogP contribution in [0.25, 0.3) is 0 Å². The summed E-state index contributed by atoms with van der Waals surface area (Å²) in [5.74, 6) is -1.03. The number of amidine groups is 1. The minimum atomic E-state index is -1.35. The summed E-state index contributed by atoms with van der Waals surface area (Å²) >= 11 is 0. The third kappa shape index (κ3) is 2.05. The highest BCUT2D eigenvalue weighted by Crippen LogP contribution is 2.85.